The molecule has 0 radical (unpaired) electrons. The summed E-state index contributed by atoms with van der Waals surface area (Å²) < 4.78 is 5.03. The van der Waals surface area contributed by atoms with Gasteiger partial charge in [0.25, 0.3) is 5.91 Å². The number of carbonyl (C=O) groups excluding carboxylic acids is 2. The number of likely N-dealkylation sites (tertiary alicyclic amines) is 1. The molecule has 0 atom stereocenters. The van der Waals surface area contributed by atoms with Crippen LogP contribution in [0.15, 0.2) is 18.2 Å². The summed E-state index contributed by atoms with van der Waals surface area (Å²) in [7, 11) is 0. The minimum atomic E-state index is -0.263. The van der Waals surface area contributed by atoms with E-state index in [-0.39, 0.29) is 23.5 Å². The van der Waals surface area contributed by atoms with E-state index in [2.05, 4.69) is 32.2 Å². The molecule has 0 spiro atoms. The first-order valence-electron chi connectivity index (χ1n) is 9.06. The lowest BCUT2D eigenvalue weighted by Crippen LogP contribution is -2.46. The number of benzene rings is 1. The lowest BCUT2D eigenvalue weighted by Gasteiger charge is -2.31. The summed E-state index contributed by atoms with van der Waals surface area (Å²) in [5, 5.41) is 3.13. The summed E-state index contributed by atoms with van der Waals surface area (Å²) in [6.45, 7) is 11.8. The molecule has 5 heteroatoms. The Balaban J connectivity index is 1.98. The number of carbonyl (C=O) groups is 2. The molecule has 138 valence electrons. The normalized spacial score (nSPS) is 15.8. The molecule has 1 aromatic carbocycles. The Hall–Kier alpha value is -2.04. The number of ether oxygens (including phenoxy) is 1. The van der Waals surface area contributed by atoms with Crippen molar-refractivity contribution >= 4 is 12.0 Å². The maximum atomic E-state index is 12.7. The van der Waals surface area contributed by atoms with Crippen molar-refractivity contribution in [1.82, 2.24) is 10.2 Å². The van der Waals surface area contributed by atoms with Gasteiger partial charge in [0, 0.05) is 24.7 Å². The first-order chi connectivity index (χ1) is 11.7. The molecule has 2 amide bonds. The Labute approximate surface area is 150 Å². The molecule has 1 saturated heterocycles. The van der Waals surface area contributed by atoms with E-state index >= 15 is 0 Å². The second-order valence-electron chi connectivity index (χ2n) is 7.71. The quantitative estimate of drug-likeness (QED) is 0.909. The van der Waals surface area contributed by atoms with Crippen LogP contribution in [0.25, 0.3) is 0 Å². The number of amides is 2. The van der Waals surface area contributed by atoms with Crippen LogP contribution in [-0.4, -0.2) is 42.6 Å². The molecule has 0 unspecified atom stereocenters. The number of aryl methyl sites for hydroxylation is 1. The fourth-order valence-corrected chi connectivity index (χ4v) is 3.02. The average Bonchev–Trinajstić information content (AvgIpc) is 2.55. The highest BCUT2D eigenvalue weighted by Crippen LogP contribution is 2.24. The summed E-state index contributed by atoms with van der Waals surface area (Å²) in [5.74, 6) is -0.0295. The Morgan fingerprint density at radius 2 is 1.88 bits per heavy atom. The van der Waals surface area contributed by atoms with Gasteiger partial charge in [0.2, 0.25) is 0 Å². The summed E-state index contributed by atoms with van der Waals surface area (Å²) in [5.41, 5.74) is 2.88. The lowest BCUT2D eigenvalue weighted by molar-refractivity contribution is 0.0859. The summed E-state index contributed by atoms with van der Waals surface area (Å²) in [6.07, 6.45) is 1.24. The van der Waals surface area contributed by atoms with Crippen molar-refractivity contribution in [2.45, 2.75) is 58.9 Å². The highest BCUT2D eigenvalue weighted by atomic mass is 16.6. The molecule has 1 aromatic rings. The Bertz CT molecular complexity index is 626. The standard InChI is InChI=1S/C20H30N2O3/c1-6-25-19(24)22-11-9-16(10-12-22)21-18(23)17-13-15(20(3,4)5)8-7-14(17)2/h7-8,13,16H,6,9-12H2,1-5H3,(H,21,23). The van der Waals surface area contributed by atoms with E-state index < -0.39 is 0 Å². The number of nitrogens with zero attached hydrogens (tertiary/aromatic N) is 1. The van der Waals surface area contributed by atoms with E-state index in [4.69, 9.17) is 4.74 Å². The van der Waals surface area contributed by atoms with E-state index in [0.717, 1.165) is 29.5 Å². The van der Waals surface area contributed by atoms with Crippen LogP contribution in [0.4, 0.5) is 4.79 Å². The van der Waals surface area contributed by atoms with Crippen molar-refractivity contribution in [3.63, 3.8) is 0 Å². The summed E-state index contributed by atoms with van der Waals surface area (Å²) >= 11 is 0. The summed E-state index contributed by atoms with van der Waals surface area (Å²) in [4.78, 5) is 26.2. The number of nitrogens with one attached hydrogen (secondary N) is 1. The van der Waals surface area contributed by atoms with Crippen molar-refractivity contribution in [1.29, 1.82) is 0 Å². The number of piperidine rings is 1. The van der Waals surface area contributed by atoms with Gasteiger partial charge < -0.3 is 15.0 Å². The molecule has 1 aliphatic heterocycles. The molecule has 1 N–H and O–H groups in total. The zero-order chi connectivity index (χ0) is 18.6. The third-order valence-electron chi connectivity index (χ3n) is 4.70. The molecule has 0 aliphatic carbocycles. The molecular weight excluding hydrogens is 316 g/mol. The lowest BCUT2D eigenvalue weighted by atomic mass is 9.85. The average molecular weight is 346 g/mol. The number of rotatable bonds is 3. The largest absolute Gasteiger partial charge is 0.450 e. The third kappa shape index (κ3) is 4.97. The predicted octanol–water partition coefficient (Wildman–Crippen LogP) is 3.64. The van der Waals surface area contributed by atoms with E-state index in [1.54, 1.807) is 11.8 Å². The molecule has 0 bridgehead atoms. The molecular formula is C20H30N2O3. The minimum absolute atomic E-state index is 0.00765. The van der Waals surface area contributed by atoms with Crippen molar-refractivity contribution in [3.8, 4) is 0 Å². The fraction of sp³-hybridized carbons (Fsp3) is 0.600. The van der Waals surface area contributed by atoms with E-state index in [1.807, 2.05) is 19.1 Å². The van der Waals surface area contributed by atoms with Crippen LogP contribution in [0.5, 0.6) is 0 Å². The van der Waals surface area contributed by atoms with Crippen LogP contribution in [0.3, 0.4) is 0 Å². The van der Waals surface area contributed by atoms with E-state index in [9.17, 15) is 9.59 Å². The molecule has 25 heavy (non-hydrogen) atoms. The predicted molar refractivity (Wildman–Crippen MR) is 99.0 cm³/mol. The van der Waals surface area contributed by atoms with Gasteiger partial charge in [0.05, 0.1) is 6.61 Å². The fourth-order valence-electron chi connectivity index (χ4n) is 3.02. The second-order valence-corrected chi connectivity index (χ2v) is 7.71. The SMILES string of the molecule is CCOC(=O)N1CCC(NC(=O)c2cc(C(C)(C)C)ccc2C)CC1. The van der Waals surface area contributed by atoms with Crippen LogP contribution in [0, 0.1) is 6.92 Å². The molecule has 1 fully saturated rings. The van der Waals surface area contributed by atoms with Gasteiger partial charge in [-0.25, -0.2) is 4.79 Å². The molecule has 5 nitrogen and oxygen atoms in total. The highest BCUT2D eigenvalue weighted by molar-refractivity contribution is 5.96. The first-order valence-corrected chi connectivity index (χ1v) is 9.06. The van der Waals surface area contributed by atoms with Crippen LogP contribution in [-0.2, 0) is 10.2 Å². The monoisotopic (exact) mass is 346 g/mol. The van der Waals surface area contributed by atoms with Crippen molar-refractivity contribution in [2.75, 3.05) is 19.7 Å². The smallest absolute Gasteiger partial charge is 0.409 e. The zero-order valence-electron chi connectivity index (χ0n) is 16.0. The van der Waals surface area contributed by atoms with Gasteiger partial charge in [-0.1, -0.05) is 32.9 Å². The topological polar surface area (TPSA) is 58.6 Å². The van der Waals surface area contributed by atoms with E-state index in [1.165, 1.54) is 0 Å². The number of hydrogen-bond acceptors (Lipinski definition) is 3. The van der Waals surface area contributed by atoms with Crippen molar-refractivity contribution in [2.24, 2.45) is 0 Å². The molecule has 1 aliphatic rings. The summed E-state index contributed by atoms with van der Waals surface area (Å²) in [6, 6.07) is 6.19. The third-order valence-corrected chi connectivity index (χ3v) is 4.70. The Morgan fingerprint density at radius 1 is 1.24 bits per heavy atom. The molecule has 0 aromatic heterocycles. The Kier molecular flexibility index (Phi) is 6.09. The first kappa shape index (κ1) is 19.3. The van der Waals surface area contributed by atoms with Crippen LogP contribution >= 0.6 is 0 Å². The van der Waals surface area contributed by atoms with Gasteiger partial charge in [0.15, 0.2) is 0 Å². The molecule has 2 rings (SSSR count). The van der Waals surface area contributed by atoms with Gasteiger partial charge >= 0.3 is 6.09 Å². The zero-order valence-corrected chi connectivity index (χ0v) is 16.0. The number of hydrogen-bond donors (Lipinski definition) is 1. The maximum absolute atomic E-state index is 12.7. The van der Waals surface area contributed by atoms with Crippen LogP contribution < -0.4 is 5.32 Å². The van der Waals surface area contributed by atoms with Crippen LogP contribution in [0.2, 0.25) is 0 Å². The molecule has 1 heterocycles. The van der Waals surface area contributed by atoms with Gasteiger partial charge in [-0.15, -0.1) is 0 Å². The van der Waals surface area contributed by atoms with Gasteiger partial charge in [0.1, 0.15) is 0 Å². The highest BCUT2D eigenvalue weighted by Gasteiger charge is 2.25. The van der Waals surface area contributed by atoms with Crippen LogP contribution in [0.1, 0.15) is 62.0 Å². The minimum Gasteiger partial charge on any atom is -0.450 e. The molecule has 0 saturated carbocycles. The maximum Gasteiger partial charge on any atom is 0.409 e. The van der Waals surface area contributed by atoms with E-state index in [0.29, 0.717) is 19.7 Å². The van der Waals surface area contributed by atoms with Gasteiger partial charge in [-0.05, 0) is 49.3 Å². The second kappa shape index (κ2) is 7.89. The van der Waals surface area contributed by atoms with Crippen molar-refractivity contribution < 1.29 is 14.3 Å². The Morgan fingerprint density at radius 3 is 2.44 bits per heavy atom. The van der Waals surface area contributed by atoms with Gasteiger partial charge in [-0.2, -0.15) is 0 Å². The van der Waals surface area contributed by atoms with Gasteiger partial charge in [-0.3, -0.25) is 4.79 Å². The van der Waals surface area contributed by atoms with Crippen molar-refractivity contribution in [3.05, 3.63) is 34.9 Å².